The van der Waals surface area contributed by atoms with Crippen molar-refractivity contribution in [2.24, 2.45) is 0 Å². The van der Waals surface area contributed by atoms with E-state index in [4.69, 9.17) is 13.9 Å². The van der Waals surface area contributed by atoms with E-state index in [0.717, 1.165) is 37.2 Å². The van der Waals surface area contributed by atoms with Crippen molar-refractivity contribution < 1.29 is 18.7 Å². The molecule has 1 atom stereocenters. The van der Waals surface area contributed by atoms with Crippen molar-refractivity contribution in [3.63, 3.8) is 0 Å². The van der Waals surface area contributed by atoms with Gasteiger partial charge < -0.3 is 23.7 Å². The Hall–Kier alpha value is -4.10. The third-order valence-corrected chi connectivity index (χ3v) is 7.46. The molecule has 1 aliphatic rings. The maximum absolute atomic E-state index is 13.8. The molecule has 0 radical (unpaired) electrons. The van der Waals surface area contributed by atoms with Crippen molar-refractivity contribution in [3.8, 4) is 11.5 Å². The van der Waals surface area contributed by atoms with Crippen molar-refractivity contribution in [2.75, 3.05) is 32.8 Å². The van der Waals surface area contributed by atoms with E-state index in [1.54, 1.807) is 23.1 Å². The second-order valence-corrected chi connectivity index (χ2v) is 9.87. The number of amides is 1. The average molecular weight is 541 g/mol. The number of carbonyl (C=O) groups is 1. The number of hydrogen-bond acceptors (Lipinski definition) is 6. The van der Waals surface area contributed by atoms with Gasteiger partial charge in [0.15, 0.2) is 16.9 Å². The molecule has 0 N–H and O–H groups in total. The standard InChI is InChI=1S/C33H36N2O5/c1-4-34(5-2)19-12-20-35-30(29-31(36)25-15-10-11-16-26(25)40-32(29)33(35)37)24-17-18-27(28(21-24)38-6-3)39-22-23-13-8-7-9-14-23/h7-11,13-18,21,30H,4-6,12,19-20,22H2,1-3H3. The van der Waals surface area contributed by atoms with Gasteiger partial charge in [-0.25, -0.2) is 0 Å². The minimum Gasteiger partial charge on any atom is -0.490 e. The van der Waals surface area contributed by atoms with Gasteiger partial charge in [0.1, 0.15) is 12.2 Å². The number of ether oxygens (including phenoxy) is 2. The Morgan fingerprint density at radius 3 is 2.38 bits per heavy atom. The van der Waals surface area contributed by atoms with Crippen molar-refractivity contribution in [1.82, 2.24) is 9.80 Å². The second-order valence-electron chi connectivity index (χ2n) is 9.87. The maximum Gasteiger partial charge on any atom is 0.290 e. The van der Waals surface area contributed by atoms with Gasteiger partial charge in [0.05, 0.1) is 23.6 Å². The summed E-state index contributed by atoms with van der Waals surface area (Å²) in [5, 5.41) is 0.469. The number of para-hydroxylation sites is 1. The molecule has 1 aromatic heterocycles. The van der Waals surface area contributed by atoms with Crippen LogP contribution >= 0.6 is 0 Å². The van der Waals surface area contributed by atoms with Crippen LogP contribution in [0.25, 0.3) is 11.0 Å². The largest absolute Gasteiger partial charge is 0.490 e. The van der Waals surface area contributed by atoms with Crippen LogP contribution in [0.5, 0.6) is 11.5 Å². The van der Waals surface area contributed by atoms with Crippen LogP contribution in [0.2, 0.25) is 0 Å². The van der Waals surface area contributed by atoms with Crippen molar-refractivity contribution in [3.05, 3.63) is 105 Å². The Bertz CT molecular complexity index is 1530. The number of carbonyl (C=O) groups excluding carboxylic acids is 1. The summed E-state index contributed by atoms with van der Waals surface area (Å²) in [6, 6.07) is 22.1. The first-order valence-electron chi connectivity index (χ1n) is 14.1. The van der Waals surface area contributed by atoms with Gasteiger partial charge in [-0.1, -0.05) is 62.4 Å². The summed E-state index contributed by atoms with van der Waals surface area (Å²) >= 11 is 0. The van der Waals surface area contributed by atoms with E-state index in [1.807, 2.05) is 61.5 Å². The van der Waals surface area contributed by atoms with Gasteiger partial charge in [0, 0.05) is 6.54 Å². The van der Waals surface area contributed by atoms with Gasteiger partial charge in [0.25, 0.3) is 5.91 Å². The fourth-order valence-corrected chi connectivity index (χ4v) is 5.37. The number of fused-ring (bicyclic) bond motifs is 2. The highest BCUT2D eigenvalue weighted by Gasteiger charge is 2.42. The van der Waals surface area contributed by atoms with Crippen LogP contribution < -0.4 is 14.9 Å². The Morgan fingerprint density at radius 1 is 0.875 bits per heavy atom. The molecule has 1 amide bonds. The molecule has 0 fully saturated rings. The average Bonchev–Trinajstić information content (AvgIpc) is 3.26. The fraction of sp³-hybridized carbons (Fsp3) is 0.333. The Morgan fingerprint density at radius 2 is 1.62 bits per heavy atom. The van der Waals surface area contributed by atoms with Crippen LogP contribution in [0.15, 0.2) is 82.0 Å². The summed E-state index contributed by atoms with van der Waals surface area (Å²) in [7, 11) is 0. The topological polar surface area (TPSA) is 72.2 Å². The van der Waals surface area contributed by atoms with E-state index in [9.17, 15) is 9.59 Å². The van der Waals surface area contributed by atoms with E-state index in [-0.39, 0.29) is 17.1 Å². The highest BCUT2D eigenvalue weighted by atomic mass is 16.5. The van der Waals surface area contributed by atoms with Gasteiger partial charge in [-0.3, -0.25) is 9.59 Å². The minimum atomic E-state index is -0.581. The predicted octanol–water partition coefficient (Wildman–Crippen LogP) is 6.05. The summed E-state index contributed by atoms with van der Waals surface area (Å²) in [5.74, 6) is 1.05. The molecule has 0 saturated heterocycles. The Balaban J connectivity index is 1.54. The van der Waals surface area contributed by atoms with Crippen LogP contribution in [0.3, 0.4) is 0 Å². The molecule has 0 aliphatic carbocycles. The van der Waals surface area contributed by atoms with Crippen molar-refractivity contribution >= 4 is 16.9 Å². The summed E-state index contributed by atoms with van der Waals surface area (Å²) in [6.45, 7) is 10.3. The van der Waals surface area contributed by atoms with Crippen LogP contribution in [0.4, 0.5) is 0 Å². The highest BCUT2D eigenvalue weighted by molar-refractivity contribution is 5.99. The van der Waals surface area contributed by atoms with Crippen LogP contribution in [0, 0.1) is 0 Å². The molecule has 0 bridgehead atoms. The SMILES string of the molecule is CCOc1cc(C2c3c(oc4ccccc4c3=O)C(=O)N2CCCN(CC)CC)ccc1OCc1ccccc1. The third-order valence-electron chi connectivity index (χ3n) is 7.46. The fourth-order valence-electron chi connectivity index (χ4n) is 5.37. The molecule has 7 nitrogen and oxygen atoms in total. The number of rotatable bonds is 12. The molecule has 4 aromatic rings. The lowest BCUT2D eigenvalue weighted by atomic mass is 9.98. The van der Waals surface area contributed by atoms with Crippen LogP contribution in [-0.4, -0.2) is 48.5 Å². The molecule has 40 heavy (non-hydrogen) atoms. The summed E-state index contributed by atoms with van der Waals surface area (Å²) in [6.07, 6.45) is 0.780. The molecule has 0 saturated carbocycles. The molecule has 1 unspecified atom stereocenters. The monoisotopic (exact) mass is 540 g/mol. The van der Waals surface area contributed by atoms with Gasteiger partial charge in [-0.15, -0.1) is 0 Å². The summed E-state index contributed by atoms with van der Waals surface area (Å²) in [4.78, 5) is 31.7. The van der Waals surface area contributed by atoms with E-state index in [2.05, 4.69) is 18.7 Å². The number of hydrogen-bond donors (Lipinski definition) is 0. The zero-order chi connectivity index (χ0) is 28.1. The van der Waals surface area contributed by atoms with Crippen LogP contribution in [-0.2, 0) is 6.61 Å². The zero-order valence-electron chi connectivity index (χ0n) is 23.4. The van der Waals surface area contributed by atoms with E-state index in [0.29, 0.717) is 47.8 Å². The van der Waals surface area contributed by atoms with Crippen LogP contribution in [0.1, 0.15) is 60.5 Å². The van der Waals surface area contributed by atoms with Gasteiger partial charge in [-0.2, -0.15) is 0 Å². The lowest BCUT2D eigenvalue weighted by Gasteiger charge is -2.27. The van der Waals surface area contributed by atoms with E-state index in [1.165, 1.54) is 0 Å². The smallest absolute Gasteiger partial charge is 0.290 e. The predicted molar refractivity (Wildman–Crippen MR) is 156 cm³/mol. The van der Waals surface area contributed by atoms with Gasteiger partial charge in [-0.05, 0) is 68.4 Å². The molecular formula is C33H36N2O5. The third kappa shape index (κ3) is 5.47. The second kappa shape index (κ2) is 12.4. The van der Waals surface area contributed by atoms with Crippen molar-refractivity contribution in [1.29, 1.82) is 0 Å². The van der Waals surface area contributed by atoms with E-state index < -0.39 is 6.04 Å². The Kier molecular flexibility index (Phi) is 8.51. The summed E-state index contributed by atoms with van der Waals surface area (Å²) < 4.78 is 18.2. The lowest BCUT2D eigenvalue weighted by Crippen LogP contribution is -2.33. The zero-order valence-corrected chi connectivity index (χ0v) is 23.4. The molecule has 2 heterocycles. The minimum absolute atomic E-state index is 0.124. The Labute approximate surface area is 234 Å². The first-order chi connectivity index (χ1) is 19.5. The normalized spacial score (nSPS) is 14.7. The quantitative estimate of drug-likeness (QED) is 0.218. The van der Waals surface area contributed by atoms with Gasteiger partial charge in [0.2, 0.25) is 5.76 Å². The van der Waals surface area contributed by atoms with Crippen molar-refractivity contribution in [2.45, 2.75) is 39.8 Å². The first kappa shape index (κ1) is 27.5. The van der Waals surface area contributed by atoms with E-state index >= 15 is 0 Å². The molecule has 0 spiro atoms. The molecule has 208 valence electrons. The first-order valence-corrected chi connectivity index (χ1v) is 14.1. The molecular weight excluding hydrogens is 504 g/mol. The van der Waals surface area contributed by atoms with Gasteiger partial charge >= 0.3 is 0 Å². The highest BCUT2D eigenvalue weighted by Crippen LogP contribution is 2.41. The summed E-state index contributed by atoms with van der Waals surface area (Å²) in [5.41, 5.74) is 2.46. The maximum atomic E-state index is 13.8. The molecule has 1 aliphatic heterocycles. The molecule has 5 rings (SSSR count). The molecule has 3 aromatic carbocycles. The lowest BCUT2D eigenvalue weighted by molar-refractivity contribution is 0.0720. The molecule has 7 heteroatoms. The number of benzene rings is 3. The number of nitrogens with zero attached hydrogens (tertiary/aromatic N) is 2.